The van der Waals surface area contributed by atoms with Crippen molar-refractivity contribution in [3.63, 3.8) is 0 Å². The number of aryl methyl sites for hydroxylation is 1. The Morgan fingerprint density at radius 1 is 1.19 bits per heavy atom. The van der Waals surface area contributed by atoms with Gasteiger partial charge in [0.15, 0.2) is 0 Å². The van der Waals surface area contributed by atoms with Crippen LogP contribution >= 0.6 is 11.6 Å². The maximum absolute atomic E-state index is 12.3. The van der Waals surface area contributed by atoms with Crippen molar-refractivity contribution in [1.29, 1.82) is 0 Å². The molecular formula is C15H15BClNO3. The molecule has 6 heteroatoms. The van der Waals surface area contributed by atoms with E-state index in [9.17, 15) is 4.79 Å². The van der Waals surface area contributed by atoms with E-state index >= 15 is 0 Å². The van der Waals surface area contributed by atoms with Crippen LogP contribution in [0.1, 0.15) is 21.5 Å². The van der Waals surface area contributed by atoms with Crippen molar-refractivity contribution in [3.8, 4) is 0 Å². The highest BCUT2D eigenvalue weighted by atomic mass is 35.5. The molecule has 21 heavy (non-hydrogen) atoms. The van der Waals surface area contributed by atoms with Crippen LogP contribution in [0.4, 0.5) is 5.69 Å². The molecule has 0 saturated heterocycles. The third-order valence-corrected chi connectivity index (χ3v) is 3.70. The first kappa shape index (κ1) is 15.6. The summed E-state index contributed by atoms with van der Waals surface area (Å²) in [6.45, 7) is 3.90. The lowest BCUT2D eigenvalue weighted by atomic mass is 9.80. The molecule has 0 aromatic heterocycles. The van der Waals surface area contributed by atoms with Gasteiger partial charge < -0.3 is 15.4 Å². The SMILES string of the molecule is Cc1cccc(NC(=O)c2ccc(B(O)O)cc2Cl)c1C. The molecule has 0 aliphatic heterocycles. The third kappa shape index (κ3) is 3.45. The summed E-state index contributed by atoms with van der Waals surface area (Å²) in [7, 11) is -1.61. The standard InChI is InChI=1S/C15H15BClNO3/c1-9-4-3-5-14(10(9)2)18-15(19)12-7-6-11(16(20)21)8-13(12)17/h3-8,20-21H,1-2H3,(H,18,19). The molecule has 0 saturated carbocycles. The van der Waals surface area contributed by atoms with E-state index < -0.39 is 7.12 Å². The number of nitrogens with one attached hydrogen (secondary N) is 1. The molecule has 0 bridgehead atoms. The molecule has 0 spiro atoms. The highest BCUT2D eigenvalue weighted by molar-refractivity contribution is 6.59. The van der Waals surface area contributed by atoms with Gasteiger partial charge in [0.1, 0.15) is 0 Å². The van der Waals surface area contributed by atoms with E-state index in [1.54, 1.807) is 0 Å². The Morgan fingerprint density at radius 3 is 2.52 bits per heavy atom. The average Bonchev–Trinajstić information content (AvgIpc) is 2.43. The summed E-state index contributed by atoms with van der Waals surface area (Å²) in [6, 6.07) is 9.94. The average molecular weight is 304 g/mol. The number of halogens is 1. The van der Waals surface area contributed by atoms with Crippen LogP contribution in [0.15, 0.2) is 36.4 Å². The maximum Gasteiger partial charge on any atom is 0.488 e. The van der Waals surface area contributed by atoms with Crippen LogP contribution in [0.5, 0.6) is 0 Å². The smallest absolute Gasteiger partial charge is 0.423 e. The van der Waals surface area contributed by atoms with Gasteiger partial charge in [0.2, 0.25) is 0 Å². The molecule has 4 nitrogen and oxygen atoms in total. The van der Waals surface area contributed by atoms with Crippen molar-refractivity contribution in [2.45, 2.75) is 13.8 Å². The van der Waals surface area contributed by atoms with Crippen LogP contribution in [0, 0.1) is 13.8 Å². The second-order valence-electron chi connectivity index (χ2n) is 4.81. The Labute approximate surface area is 128 Å². The molecule has 0 heterocycles. The summed E-state index contributed by atoms with van der Waals surface area (Å²) in [5.41, 5.74) is 3.31. The summed E-state index contributed by atoms with van der Waals surface area (Å²) in [5.74, 6) is -0.340. The topological polar surface area (TPSA) is 69.6 Å². The summed E-state index contributed by atoms with van der Waals surface area (Å²) in [5, 5.41) is 21.1. The van der Waals surface area contributed by atoms with Gasteiger partial charge in [-0.05, 0) is 48.6 Å². The Hall–Kier alpha value is -1.82. The Kier molecular flexibility index (Phi) is 4.68. The maximum atomic E-state index is 12.3. The quantitative estimate of drug-likeness (QED) is 0.758. The van der Waals surface area contributed by atoms with Crippen LogP contribution in [0.3, 0.4) is 0 Å². The van der Waals surface area contributed by atoms with Crippen molar-refractivity contribution in [3.05, 3.63) is 58.1 Å². The fourth-order valence-corrected chi connectivity index (χ4v) is 2.23. The van der Waals surface area contributed by atoms with E-state index in [1.165, 1.54) is 18.2 Å². The second kappa shape index (κ2) is 6.31. The minimum atomic E-state index is -1.61. The molecule has 2 aromatic rings. The van der Waals surface area contributed by atoms with Crippen molar-refractivity contribution in [2.24, 2.45) is 0 Å². The van der Waals surface area contributed by atoms with Crippen molar-refractivity contribution in [2.75, 3.05) is 5.32 Å². The molecule has 0 radical (unpaired) electrons. The van der Waals surface area contributed by atoms with E-state index in [-0.39, 0.29) is 22.0 Å². The van der Waals surface area contributed by atoms with Crippen molar-refractivity contribution >= 4 is 35.8 Å². The molecule has 2 aromatic carbocycles. The lowest BCUT2D eigenvalue weighted by Crippen LogP contribution is -2.30. The predicted octanol–water partition coefficient (Wildman–Crippen LogP) is 1.89. The number of amides is 1. The Bertz CT molecular complexity index is 689. The van der Waals surface area contributed by atoms with Crippen LogP contribution in [-0.4, -0.2) is 23.1 Å². The first-order chi connectivity index (χ1) is 9.90. The molecule has 1 amide bonds. The van der Waals surface area contributed by atoms with Gasteiger partial charge in [0.05, 0.1) is 10.6 Å². The molecule has 0 atom stereocenters. The van der Waals surface area contributed by atoms with Gasteiger partial charge in [0.25, 0.3) is 5.91 Å². The summed E-state index contributed by atoms with van der Waals surface area (Å²) < 4.78 is 0. The van der Waals surface area contributed by atoms with Gasteiger partial charge in [-0.15, -0.1) is 0 Å². The van der Waals surface area contributed by atoms with E-state index in [1.807, 2.05) is 32.0 Å². The second-order valence-corrected chi connectivity index (χ2v) is 5.22. The van der Waals surface area contributed by atoms with Gasteiger partial charge >= 0.3 is 7.12 Å². The highest BCUT2D eigenvalue weighted by Crippen LogP contribution is 2.21. The normalized spacial score (nSPS) is 10.3. The Balaban J connectivity index is 2.27. The minimum Gasteiger partial charge on any atom is -0.423 e. The number of benzene rings is 2. The van der Waals surface area contributed by atoms with Crippen LogP contribution in [0.2, 0.25) is 5.02 Å². The molecule has 0 aliphatic rings. The van der Waals surface area contributed by atoms with Gasteiger partial charge in [-0.25, -0.2) is 0 Å². The molecule has 3 N–H and O–H groups in total. The van der Waals surface area contributed by atoms with E-state index in [0.717, 1.165) is 16.8 Å². The molecule has 0 fully saturated rings. The zero-order valence-electron chi connectivity index (χ0n) is 11.7. The van der Waals surface area contributed by atoms with Gasteiger partial charge in [-0.1, -0.05) is 29.8 Å². The minimum absolute atomic E-state index is 0.170. The first-order valence-electron chi connectivity index (χ1n) is 6.43. The summed E-state index contributed by atoms with van der Waals surface area (Å²) in [4.78, 5) is 12.3. The molecular weight excluding hydrogens is 288 g/mol. The van der Waals surface area contributed by atoms with Crippen LogP contribution < -0.4 is 10.8 Å². The lowest BCUT2D eigenvalue weighted by Gasteiger charge is -2.11. The number of rotatable bonds is 3. The summed E-state index contributed by atoms with van der Waals surface area (Å²) in [6.07, 6.45) is 0. The fourth-order valence-electron chi connectivity index (χ4n) is 1.95. The number of hydrogen-bond donors (Lipinski definition) is 3. The third-order valence-electron chi connectivity index (χ3n) is 3.39. The monoisotopic (exact) mass is 303 g/mol. The van der Waals surface area contributed by atoms with Crippen LogP contribution in [-0.2, 0) is 0 Å². The molecule has 108 valence electrons. The van der Waals surface area contributed by atoms with Crippen molar-refractivity contribution in [1.82, 2.24) is 0 Å². The largest absolute Gasteiger partial charge is 0.488 e. The number of anilines is 1. The van der Waals surface area contributed by atoms with E-state index in [2.05, 4.69) is 5.32 Å². The fraction of sp³-hybridized carbons (Fsp3) is 0.133. The van der Waals surface area contributed by atoms with Gasteiger partial charge in [-0.2, -0.15) is 0 Å². The first-order valence-corrected chi connectivity index (χ1v) is 6.81. The zero-order chi connectivity index (χ0) is 15.6. The van der Waals surface area contributed by atoms with Gasteiger partial charge in [-0.3, -0.25) is 4.79 Å². The Morgan fingerprint density at radius 2 is 1.90 bits per heavy atom. The van der Waals surface area contributed by atoms with Crippen LogP contribution in [0.25, 0.3) is 0 Å². The van der Waals surface area contributed by atoms with E-state index in [4.69, 9.17) is 21.6 Å². The highest BCUT2D eigenvalue weighted by Gasteiger charge is 2.16. The predicted molar refractivity (Wildman–Crippen MR) is 85.1 cm³/mol. The summed E-state index contributed by atoms with van der Waals surface area (Å²) >= 11 is 6.02. The molecule has 0 aliphatic carbocycles. The van der Waals surface area contributed by atoms with Crippen molar-refractivity contribution < 1.29 is 14.8 Å². The number of carbonyl (C=O) groups excluding carboxylic acids is 1. The lowest BCUT2D eigenvalue weighted by molar-refractivity contribution is 0.102. The number of carbonyl (C=O) groups is 1. The molecule has 0 unspecified atom stereocenters. The van der Waals surface area contributed by atoms with Gasteiger partial charge in [0, 0.05) is 5.69 Å². The molecule has 2 rings (SSSR count). The zero-order valence-corrected chi connectivity index (χ0v) is 12.5. The number of hydrogen-bond acceptors (Lipinski definition) is 3. The van der Waals surface area contributed by atoms with E-state index in [0.29, 0.717) is 0 Å².